The second kappa shape index (κ2) is 5.18. The molecule has 3 rings (SSSR count). The van der Waals surface area contributed by atoms with Gasteiger partial charge in [0, 0.05) is 10.2 Å². The fourth-order valence-corrected chi connectivity index (χ4v) is 3.41. The van der Waals surface area contributed by atoms with Crippen molar-refractivity contribution in [3.63, 3.8) is 0 Å². The Morgan fingerprint density at radius 3 is 1.74 bits per heavy atom. The maximum Gasteiger partial charge on any atom is 0.00281 e. The lowest BCUT2D eigenvalue weighted by molar-refractivity contribution is 0.933. The summed E-state index contributed by atoms with van der Waals surface area (Å²) in [6.45, 7) is 2.25. The summed E-state index contributed by atoms with van der Waals surface area (Å²) < 4.78 is 0. The molecule has 0 radical (unpaired) electrons. The van der Waals surface area contributed by atoms with Crippen LogP contribution in [0.25, 0.3) is 21.5 Å². The largest absolute Gasteiger partial charge is 0.0655 e. The predicted octanol–water partition coefficient (Wildman–Crippen LogP) is 4.02. The van der Waals surface area contributed by atoms with E-state index < -0.39 is 0 Å². The van der Waals surface area contributed by atoms with Gasteiger partial charge in [-0.1, -0.05) is 61.0 Å². The van der Waals surface area contributed by atoms with Crippen molar-refractivity contribution < 1.29 is 0 Å². The fourth-order valence-electron chi connectivity index (χ4n) is 3.06. The molecule has 0 aliphatic carbocycles. The second-order valence-corrected chi connectivity index (χ2v) is 6.30. The molecular formula is C18H20Si. The molecule has 0 spiro atoms. The van der Waals surface area contributed by atoms with Crippen molar-refractivity contribution in [2.75, 3.05) is 0 Å². The zero-order chi connectivity index (χ0) is 13.2. The molecule has 0 unspecified atom stereocenters. The average Bonchev–Trinajstić information content (AvgIpc) is 2.47. The lowest BCUT2D eigenvalue weighted by atomic mass is 9.90. The Hall–Kier alpha value is -1.60. The topological polar surface area (TPSA) is 0 Å². The van der Waals surface area contributed by atoms with Gasteiger partial charge in [-0.2, -0.15) is 0 Å². The minimum atomic E-state index is 1.21. The SMILES string of the molecule is Cc1c2ccccc2c(CCC[SiH3])c2ccccc12. The molecule has 0 aliphatic heterocycles. The molecule has 19 heavy (non-hydrogen) atoms. The number of rotatable bonds is 3. The third-order valence-electron chi connectivity index (χ3n) is 4.09. The molecule has 0 aromatic heterocycles. The molecule has 0 N–H and O–H groups in total. The zero-order valence-electron chi connectivity index (χ0n) is 11.7. The Kier molecular flexibility index (Phi) is 3.39. The molecule has 0 heterocycles. The first-order valence-electron chi connectivity index (χ1n) is 7.22. The van der Waals surface area contributed by atoms with Crippen LogP contribution in [0, 0.1) is 6.92 Å². The summed E-state index contributed by atoms with van der Waals surface area (Å²) in [6, 6.07) is 19.1. The molecule has 3 aromatic rings. The Morgan fingerprint density at radius 2 is 1.26 bits per heavy atom. The van der Waals surface area contributed by atoms with Gasteiger partial charge < -0.3 is 0 Å². The maximum absolute atomic E-state index is 2.29. The highest BCUT2D eigenvalue weighted by atomic mass is 28.1. The Labute approximate surface area is 117 Å². The third kappa shape index (κ3) is 2.08. The summed E-state index contributed by atoms with van der Waals surface area (Å²) in [5.41, 5.74) is 2.97. The standard InChI is InChI=1S/C18H20Si/c1-13-14-7-2-4-9-16(14)18(11-6-12-19)17-10-5-3-8-15(13)17/h2-5,7-10H,6,11-12H2,1,19H3. The van der Waals surface area contributed by atoms with E-state index in [0.717, 1.165) is 0 Å². The zero-order valence-corrected chi connectivity index (χ0v) is 13.7. The van der Waals surface area contributed by atoms with Crippen LogP contribution in [0.4, 0.5) is 0 Å². The van der Waals surface area contributed by atoms with Gasteiger partial charge >= 0.3 is 0 Å². The molecule has 0 saturated heterocycles. The predicted molar refractivity (Wildman–Crippen MR) is 89.3 cm³/mol. The van der Waals surface area contributed by atoms with Crippen molar-refractivity contribution >= 4 is 31.8 Å². The van der Waals surface area contributed by atoms with Gasteiger partial charge in [-0.25, -0.2) is 0 Å². The van der Waals surface area contributed by atoms with Crippen LogP contribution in [0.3, 0.4) is 0 Å². The molecule has 0 aliphatic rings. The Morgan fingerprint density at radius 1 is 0.789 bits per heavy atom. The number of fused-ring (bicyclic) bond motifs is 2. The van der Waals surface area contributed by atoms with Gasteiger partial charge in [-0.15, -0.1) is 0 Å². The summed E-state index contributed by atoms with van der Waals surface area (Å²) in [5.74, 6) is 0. The molecule has 96 valence electrons. The van der Waals surface area contributed by atoms with Gasteiger partial charge in [-0.05, 0) is 46.0 Å². The quantitative estimate of drug-likeness (QED) is 0.495. The average molecular weight is 264 g/mol. The van der Waals surface area contributed by atoms with Crippen molar-refractivity contribution in [2.45, 2.75) is 25.8 Å². The lowest BCUT2D eigenvalue weighted by Gasteiger charge is -2.14. The van der Waals surface area contributed by atoms with Crippen LogP contribution in [0.1, 0.15) is 17.5 Å². The van der Waals surface area contributed by atoms with E-state index in [0.29, 0.717) is 0 Å². The fraction of sp³-hybridized carbons (Fsp3) is 0.222. The van der Waals surface area contributed by atoms with Gasteiger partial charge in [0.2, 0.25) is 0 Å². The highest BCUT2D eigenvalue weighted by molar-refractivity contribution is 6.08. The highest BCUT2D eigenvalue weighted by Gasteiger charge is 2.09. The molecule has 1 heteroatoms. The minimum Gasteiger partial charge on any atom is -0.0655 e. The van der Waals surface area contributed by atoms with Crippen LogP contribution in [0.5, 0.6) is 0 Å². The van der Waals surface area contributed by atoms with E-state index in [1.54, 1.807) is 5.56 Å². The van der Waals surface area contributed by atoms with Crippen LogP contribution in [-0.4, -0.2) is 10.2 Å². The molecule has 0 bridgehead atoms. The van der Waals surface area contributed by atoms with E-state index in [2.05, 4.69) is 55.5 Å². The van der Waals surface area contributed by atoms with Crippen molar-refractivity contribution in [1.82, 2.24) is 0 Å². The third-order valence-corrected chi connectivity index (χ3v) is 4.80. The smallest absolute Gasteiger partial charge is 0.00281 e. The van der Waals surface area contributed by atoms with Crippen LogP contribution in [0.2, 0.25) is 6.04 Å². The second-order valence-electron chi connectivity index (χ2n) is 5.30. The van der Waals surface area contributed by atoms with Crippen LogP contribution < -0.4 is 0 Å². The summed E-state index contributed by atoms with van der Waals surface area (Å²) in [5, 5.41) is 5.75. The van der Waals surface area contributed by atoms with E-state index >= 15 is 0 Å². The first kappa shape index (κ1) is 12.4. The molecule has 0 saturated carbocycles. The maximum atomic E-state index is 2.29. The highest BCUT2D eigenvalue weighted by Crippen LogP contribution is 2.33. The van der Waals surface area contributed by atoms with Crippen LogP contribution in [0.15, 0.2) is 48.5 Å². The Balaban J connectivity index is 2.42. The molecular weight excluding hydrogens is 244 g/mol. The lowest BCUT2D eigenvalue weighted by Crippen LogP contribution is -1.93. The van der Waals surface area contributed by atoms with E-state index in [1.165, 1.54) is 56.2 Å². The van der Waals surface area contributed by atoms with Gasteiger partial charge in [0.25, 0.3) is 0 Å². The summed E-state index contributed by atoms with van der Waals surface area (Å²) in [6.07, 6.45) is 2.54. The number of hydrogen-bond donors (Lipinski definition) is 0. The first-order chi connectivity index (χ1) is 9.33. The number of aryl methyl sites for hydroxylation is 2. The number of benzene rings is 3. The van der Waals surface area contributed by atoms with Gasteiger partial charge in [0.15, 0.2) is 0 Å². The summed E-state index contributed by atoms with van der Waals surface area (Å²) in [4.78, 5) is 0. The molecule has 0 nitrogen and oxygen atoms in total. The molecule has 0 amide bonds. The number of hydrogen-bond acceptors (Lipinski definition) is 0. The van der Waals surface area contributed by atoms with Crippen LogP contribution in [-0.2, 0) is 6.42 Å². The van der Waals surface area contributed by atoms with E-state index in [4.69, 9.17) is 0 Å². The van der Waals surface area contributed by atoms with Crippen molar-refractivity contribution in [2.24, 2.45) is 0 Å². The Bertz CT molecular complexity index is 671. The van der Waals surface area contributed by atoms with Crippen LogP contribution >= 0.6 is 0 Å². The molecule has 3 aromatic carbocycles. The first-order valence-corrected chi connectivity index (χ1v) is 8.63. The molecule has 0 fully saturated rings. The van der Waals surface area contributed by atoms with Gasteiger partial charge in [0.1, 0.15) is 0 Å². The normalized spacial score (nSPS) is 11.4. The van der Waals surface area contributed by atoms with Gasteiger partial charge in [0.05, 0.1) is 0 Å². The molecule has 0 atom stereocenters. The van der Waals surface area contributed by atoms with Crippen molar-refractivity contribution in [1.29, 1.82) is 0 Å². The van der Waals surface area contributed by atoms with E-state index in [1.807, 2.05) is 0 Å². The van der Waals surface area contributed by atoms with Gasteiger partial charge in [-0.3, -0.25) is 0 Å². The van der Waals surface area contributed by atoms with Crippen molar-refractivity contribution in [3.05, 3.63) is 59.7 Å². The van der Waals surface area contributed by atoms with E-state index in [9.17, 15) is 0 Å². The summed E-state index contributed by atoms with van der Waals surface area (Å²) >= 11 is 0. The van der Waals surface area contributed by atoms with E-state index in [-0.39, 0.29) is 0 Å². The monoisotopic (exact) mass is 264 g/mol. The summed E-state index contributed by atoms with van der Waals surface area (Å²) in [7, 11) is 1.31. The minimum absolute atomic E-state index is 1.21. The van der Waals surface area contributed by atoms with Crippen molar-refractivity contribution in [3.8, 4) is 0 Å².